The predicted octanol–water partition coefficient (Wildman–Crippen LogP) is 15.9. The quantitative estimate of drug-likeness (QED) is 0.126. The van der Waals surface area contributed by atoms with E-state index in [1.54, 1.807) is 0 Å². The summed E-state index contributed by atoms with van der Waals surface area (Å²) < 4.78 is 9.49. The molecule has 0 saturated carbocycles. The van der Waals surface area contributed by atoms with Gasteiger partial charge in [0, 0.05) is 50.2 Å². The molecular formula is C61H46N4O. The van der Waals surface area contributed by atoms with Gasteiger partial charge in [-0.2, -0.15) is 0 Å². The van der Waals surface area contributed by atoms with E-state index >= 15 is 0 Å². The highest BCUT2D eigenvalue weighted by Crippen LogP contribution is 2.46. The summed E-state index contributed by atoms with van der Waals surface area (Å²) in [4.78, 5) is 9.89. The molecule has 2 aromatic heterocycles. The monoisotopic (exact) mass is 850 g/mol. The Morgan fingerprint density at radius 1 is 0.500 bits per heavy atom. The Balaban J connectivity index is 1.20. The van der Waals surface area contributed by atoms with E-state index in [2.05, 4.69) is 165 Å². The van der Waals surface area contributed by atoms with Crippen molar-refractivity contribution in [3.05, 3.63) is 235 Å². The fraction of sp³-hybridized carbons (Fsp3) is 0.0656. The Morgan fingerprint density at radius 3 is 1.73 bits per heavy atom. The van der Waals surface area contributed by atoms with Crippen LogP contribution in [-0.4, -0.2) is 22.5 Å². The van der Waals surface area contributed by atoms with Crippen molar-refractivity contribution in [3.63, 3.8) is 0 Å². The van der Waals surface area contributed by atoms with E-state index in [-0.39, 0.29) is 11.3 Å². The van der Waals surface area contributed by atoms with E-state index in [0.29, 0.717) is 11.4 Å². The molecule has 11 rings (SSSR count). The number of hydrogen-bond donors (Lipinski definition) is 1. The minimum atomic E-state index is -0.0332. The lowest BCUT2D eigenvalue weighted by Gasteiger charge is -2.22. The summed E-state index contributed by atoms with van der Waals surface area (Å²) in [5, 5.41) is 14.1. The predicted molar refractivity (Wildman–Crippen MR) is 277 cm³/mol. The lowest BCUT2D eigenvalue weighted by atomic mass is 9.85. The van der Waals surface area contributed by atoms with Gasteiger partial charge < -0.3 is 8.98 Å². The molecule has 0 saturated heterocycles. The molecule has 0 aliphatic carbocycles. The van der Waals surface area contributed by atoms with Crippen LogP contribution in [0.15, 0.2) is 227 Å². The minimum absolute atomic E-state index is 0.0332. The summed E-state index contributed by atoms with van der Waals surface area (Å²) in [6, 6.07) is 73.6. The van der Waals surface area contributed by atoms with Crippen molar-refractivity contribution >= 4 is 61.6 Å². The van der Waals surface area contributed by atoms with E-state index < -0.39 is 0 Å². The third-order valence-corrected chi connectivity index (χ3v) is 12.5. The van der Waals surface area contributed by atoms with Crippen LogP contribution < -0.4 is 0 Å². The third kappa shape index (κ3) is 7.31. The zero-order valence-corrected chi connectivity index (χ0v) is 37.0. The summed E-state index contributed by atoms with van der Waals surface area (Å²) in [7, 11) is 0. The first kappa shape index (κ1) is 40.4. The normalized spacial score (nSPS) is 12.3. The van der Waals surface area contributed by atoms with Crippen molar-refractivity contribution in [2.75, 3.05) is 0 Å². The van der Waals surface area contributed by atoms with Gasteiger partial charge in [0.15, 0.2) is 11.7 Å². The second-order valence-corrected chi connectivity index (χ2v) is 17.8. The number of benzene rings is 9. The molecule has 0 bridgehead atoms. The van der Waals surface area contributed by atoms with Crippen molar-refractivity contribution in [1.82, 2.24) is 4.57 Å². The lowest BCUT2D eigenvalue weighted by Crippen LogP contribution is -2.10. The second-order valence-electron chi connectivity index (χ2n) is 17.8. The SMILES string of the molecule is CC(C)(C)c1ccc(-c2cc(C(=N)N=C(N=Cc3ccccc3)c3ccccc3)cc(-c3ccccc3)c2-n2c3ccccc3c3c4oc5c(-c6ccccc6)cccc5c4ccc32)cc1. The fourth-order valence-electron chi connectivity index (χ4n) is 9.21. The second kappa shape index (κ2) is 16.6. The standard InChI is InChI=1S/C61H46N4O/c1-61(2,3)46-33-31-43(32-34-46)52-38-45(59(62)64-60(44-25-14-7-15-26-44)63-39-40-19-8-4-9-20-40)37-51(42-23-12-6-13-24-42)56(52)65-53-30-17-16-27-50(53)55-54(65)36-35-49-48-29-18-28-47(57(48)66-58(49)55)41-21-10-5-11-22-41/h4-39,62H,1-3H3. The van der Waals surface area contributed by atoms with Crippen LogP contribution in [0.5, 0.6) is 0 Å². The van der Waals surface area contributed by atoms with Crippen molar-refractivity contribution < 1.29 is 4.42 Å². The molecule has 0 radical (unpaired) electrons. The molecule has 5 heteroatoms. The molecule has 2 heterocycles. The Morgan fingerprint density at radius 2 is 1.06 bits per heavy atom. The van der Waals surface area contributed by atoms with Crippen LogP contribution in [0.25, 0.3) is 82.8 Å². The maximum Gasteiger partial charge on any atom is 0.161 e. The van der Waals surface area contributed by atoms with Crippen LogP contribution in [0.3, 0.4) is 0 Å². The largest absolute Gasteiger partial charge is 0.455 e. The summed E-state index contributed by atoms with van der Waals surface area (Å²) in [6.07, 6.45) is 1.81. The Bertz CT molecular complexity index is 3650. The Kier molecular flexibility index (Phi) is 10.2. The van der Waals surface area contributed by atoms with Gasteiger partial charge in [0.1, 0.15) is 11.2 Å². The number of nitrogens with zero attached hydrogens (tertiary/aromatic N) is 3. The topological polar surface area (TPSA) is 66.6 Å². The molecule has 0 unspecified atom stereocenters. The molecule has 11 aromatic rings. The van der Waals surface area contributed by atoms with Crippen molar-refractivity contribution in [3.8, 4) is 39.1 Å². The van der Waals surface area contributed by atoms with Gasteiger partial charge in [0.05, 0.1) is 22.1 Å². The molecule has 0 aliphatic rings. The molecule has 5 nitrogen and oxygen atoms in total. The number of para-hydroxylation sites is 2. The number of hydrogen-bond acceptors (Lipinski definition) is 2. The van der Waals surface area contributed by atoms with E-state index in [1.807, 2.05) is 79.0 Å². The molecular weight excluding hydrogens is 805 g/mol. The first-order valence-corrected chi connectivity index (χ1v) is 22.4. The lowest BCUT2D eigenvalue weighted by molar-refractivity contribution is 0.590. The smallest absolute Gasteiger partial charge is 0.161 e. The molecule has 66 heavy (non-hydrogen) atoms. The molecule has 0 aliphatic heterocycles. The van der Waals surface area contributed by atoms with Crippen LogP contribution in [0.2, 0.25) is 0 Å². The number of amidine groups is 2. The van der Waals surface area contributed by atoms with Gasteiger partial charge in [-0.05, 0) is 63.6 Å². The molecule has 0 atom stereocenters. The van der Waals surface area contributed by atoms with Crippen LogP contribution in [0.1, 0.15) is 43.0 Å². The first-order valence-electron chi connectivity index (χ1n) is 22.4. The molecule has 316 valence electrons. The van der Waals surface area contributed by atoms with E-state index in [9.17, 15) is 5.41 Å². The number of fused-ring (bicyclic) bond motifs is 7. The van der Waals surface area contributed by atoms with Crippen molar-refractivity contribution in [2.45, 2.75) is 26.2 Å². The zero-order chi connectivity index (χ0) is 44.8. The molecule has 0 spiro atoms. The van der Waals surface area contributed by atoms with Gasteiger partial charge >= 0.3 is 0 Å². The minimum Gasteiger partial charge on any atom is -0.455 e. The Labute approximate surface area is 384 Å². The average Bonchev–Trinajstić information content (AvgIpc) is 3.91. The van der Waals surface area contributed by atoms with Crippen molar-refractivity contribution in [2.24, 2.45) is 9.98 Å². The van der Waals surface area contributed by atoms with Gasteiger partial charge in [0.25, 0.3) is 0 Å². The average molecular weight is 851 g/mol. The maximum atomic E-state index is 9.78. The highest BCUT2D eigenvalue weighted by atomic mass is 16.3. The van der Waals surface area contributed by atoms with Crippen molar-refractivity contribution in [1.29, 1.82) is 5.41 Å². The third-order valence-electron chi connectivity index (χ3n) is 12.5. The van der Waals surface area contributed by atoms with E-state index in [4.69, 9.17) is 14.4 Å². The summed E-state index contributed by atoms with van der Waals surface area (Å²) in [6.45, 7) is 6.72. The number of rotatable bonds is 7. The maximum absolute atomic E-state index is 9.78. The highest BCUT2D eigenvalue weighted by molar-refractivity contribution is 6.25. The molecule has 0 amide bonds. The van der Waals surface area contributed by atoms with Crippen LogP contribution in [0, 0.1) is 5.41 Å². The van der Waals surface area contributed by atoms with E-state index in [0.717, 1.165) is 93.9 Å². The number of furan rings is 1. The van der Waals surface area contributed by atoms with Gasteiger partial charge in [-0.3, -0.25) is 5.41 Å². The van der Waals surface area contributed by atoms with Gasteiger partial charge in [0.2, 0.25) is 0 Å². The molecule has 1 N–H and O–H groups in total. The number of aromatic nitrogens is 1. The van der Waals surface area contributed by atoms with Crippen LogP contribution in [0.4, 0.5) is 0 Å². The fourth-order valence-corrected chi connectivity index (χ4v) is 9.21. The van der Waals surface area contributed by atoms with Gasteiger partial charge in [-0.1, -0.05) is 203 Å². The van der Waals surface area contributed by atoms with Crippen LogP contribution in [-0.2, 0) is 5.41 Å². The number of nitrogens with one attached hydrogen (secondary N) is 1. The first-order chi connectivity index (χ1) is 32.3. The van der Waals surface area contributed by atoms with Gasteiger partial charge in [-0.25, -0.2) is 9.98 Å². The summed E-state index contributed by atoms with van der Waals surface area (Å²) in [5.74, 6) is 0.564. The summed E-state index contributed by atoms with van der Waals surface area (Å²) in [5.41, 5.74) is 14.6. The Hall–Kier alpha value is -8.41. The summed E-state index contributed by atoms with van der Waals surface area (Å²) >= 11 is 0. The number of aliphatic imine (C=N–C) groups is 2. The zero-order valence-electron chi connectivity index (χ0n) is 37.0. The van der Waals surface area contributed by atoms with Gasteiger partial charge in [-0.15, -0.1) is 0 Å². The molecule has 9 aromatic carbocycles. The highest BCUT2D eigenvalue weighted by Gasteiger charge is 2.25. The van der Waals surface area contributed by atoms with Crippen LogP contribution >= 0.6 is 0 Å². The van der Waals surface area contributed by atoms with E-state index in [1.165, 1.54) is 5.56 Å². The molecule has 0 fully saturated rings.